The van der Waals surface area contributed by atoms with Gasteiger partial charge < -0.3 is 5.32 Å². The van der Waals surface area contributed by atoms with Crippen LogP contribution in [0.2, 0.25) is 10.0 Å². The summed E-state index contributed by atoms with van der Waals surface area (Å²) in [6, 6.07) is 11.0. The fraction of sp³-hybridized carbons (Fsp3) is 0.188. The van der Waals surface area contributed by atoms with Crippen molar-refractivity contribution in [1.82, 2.24) is 0 Å². The lowest BCUT2D eigenvalue weighted by atomic mass is 10.1. The lowest BCUT2D eigenvalue weighted by molar-refractivity contribution is 0.102. The highest BCUT2D eigenvalue weighted by molar-refractivity contribution is 6.44. The number of amides is 1. The van der Waals surface area contributed by atoms with Gasteiger partial charge in [-0.25, -0.2) is 0 Å². The topological polar surface area (TPSA) is 29.1 Å². The Morgan fingerprint density at radius 3 is 2.70 bits per heavy atom. The Balaban J connectivity index is 1.84. The number of benzene rings is 2. The molecule has 0 bridgehead atoms. The van der Waals surface area contributed by atoms with E-state index >= 15 is 0 Å². The molecule has 0 heterocycles. The third-order valence-electron chi connectivity index (χ3n) is 3.56. The van der Waals surface area contributed by atoms with Crippen LogP contribution in [0.5, 0.6) is 0 Å². The fourth-order valence-electron chi connectivity index (χ4n) is 2.51. The molecular formula is C16H13Cl2NO. The average molecular weight is 306 g/mol. The maximum absolute atomic E-state index is 12.3. The van der Waals surface area contributed by atoms with Crippen molar-refractivity contribution in [3.05, 3.63) is 63.1 Å². The van der Waals surface area contributed by atoms with Crippen molar-refractivity contribution >= 4 is 34.8 Å². The summed E-state index contributed by atoms with van der Waals surface area (Å²) in [5.74, 6) is -0.163. The zero-order chi connectivity index (χ0) is 14.1. The van der Waals surface area contributed by atoms with Crippen LogP contribution in [0.3, 0.4) is 0 Å². The Bertz CT molecular complexity index is 682. The first-order valence-electron chi connectivity index (χ1n) is 6.52. The monoisotopic (exact) mass is 305 g/mol. The number of anilines is 1. The van der Waals surface area contributed by atoms with Crippen LogP contribution in [0.15, 0.2) is 36.4 Å². The quantitative estimate of drug-likeness (QED) is 0.853. The van der Waals surface area contributed by atoms with Gasteiger partial charge in [0.2, 0.25) is 0 Å². The molecule has 0 aromatic heterocycles. The molecule has 2 aromatic rings. The first-order chi connectivity index (χ1) is 9.65. The van der Waals surface area contributed by atoms with Crippen LogP contribution in [0, 0.1) is 0 Å². The van der Waals surface area contributed by atoms with E-state index in [0.29, 0.717) is 21.3 Å². The van der Waals surface area contributed by atoms with Gasteiger partial charge in [-0.1, -0.05) is 35.3 Å². The van der Waals surface area contributed by atoms with Gasteiger partial charge in [0.05, 0.1) is 15.7 Å². The van der Waals surface area contributed by atoms with E-state index < -0.39 is 0 Å². The first-order valence-corrected chi connectivity index (χ1v) is 7.28. The second-order valence-corrected chi connectivity index (χ2v) is 5.68. The smallest absolute Gasteiger partial charge is 0.255 e. The standard InChI is InChI=1S/C16H13Cl2NO/c17-13-5-2-6-14(15(13)18)19-16(20)12-8-7-10-3-1-4-11(10)9-12/h2,5-9H,1,3-4H2,(H,19,20). The van der Waals surface area contributed by atoms with Crippen molar-refractivity contribution in [2.45, 2.75) is 19.3 Å². The van der Waals surface area contributed by atoms with E-state index in [9.17, 15) is 4.79 Å². The van der Waals surface area contributed by atoms with Crippen LogP contribution in [-0.4, -0.2) is 5.91 Å². The fourth-order valence-corrected chi connectivity index (χ4v) is 2.86. The SMILES string of the molecule is O=C(Nc1cccc(Cl)c1Cl)c1ccc2c(c1)CCC2. The van der Waals surface area contributed by atoms with E-state index in [1.54, 1.807) is 18.2 Å². The molecule has 0 fully saturated rings. The van der Waals surface area contributed by atoms with Gasteiger partial charge >= 0.3 is 0 Å². The van der Waals surface area contributed by atoms with Gasteiger partial charge in [-0.3, -0.25) is 4.79 Å². The van der Waals surface area contributed by atoms with E-state index in [0.717, 1.165) is 12.8 Å². The van der Waals surface area contributed by atoms with E-state index in [1.807, 2.05) is 18.2 Å². The van der Waals surface area contributed by atoms with Crippen LogP contribution >= 0.6 is 23.2 Å². The maximum Gasteiger partial charge on any atom is 0.255 e. The lowest BCUT2D eigenvalue weighted by Crippen LogP contribution is -2.12. The Morgan fingerprint density at radius 2 is 1.85 bits per heavy atom. The van der Waals surface area contributed by atoms with Gasteiger partial charge in [-0.05, 0) is 54.7 Å². The van der Waals surface area contributed by atoms with E-state index in [4.69, 9.17) is 23.2 Å². The van der Waals surface area contributed by atoms with Crippen molar-refractivity contribution in [3.8, 4) is 0 Å². The molecule has 20 heavy (non-hydrogen) atoms. The van der Waals surface area contributed by atoms with Gasteiger partial charge in [0, 0.05) is 5.56 Å². The maximum atomic E-state index is 12.3. The zero-order valence-corrected chi connectivity index (χ0v) is 12.3. The predicted molar refractivity (Wildman–Crippen MR) is 82.9 cm³/mol. The molecule has 1 aliphatic rings. The van der Waals surface area contributed by atoms with Gasteiger partial charge in [-0.2, -0.15) is 0 Å². The third kappa shape index (κ3) is 2.54. The van der Waals surface area contributed by atoms with Crippen molar-refractivity contribution in [3.63, 3.8) is 0 Å². The van der Waals surface area contributed by atoms with Crippen molar-refractivity contribution < 1.29 is 4.79 Å². The molecule has 0 saturated heterocycles. The Morgan fingerprint density at radius 1 is 1.05 bits per heavy atom. The second-order valence-electron chi connectivity index (χ2n) is 4.89. The number of halogens is 2. The molecule has 0 unspecified atom stereocenters. The molecule has 0 aliphatic heterocycles. The van der Waals surface area contributed by atoms with E-state index in [2.05, 4.69) is 5.32 Å². The van der Waals surface area contributed by atoms with Gasteiger partial charge in [0.25, 0.3) is 5.91 Å². The van der Waals surface area contributed by atoms with Crippen LogP contribution in [0.1, 0.15) is 27.9 Å². The number of rotatable bonds is 2. The molecule has 2 nitrogen and oxygen atoms in total. The molecule has 1 aliphatic carbocycles. The van der Waals surface area contributed by atoms with Gasteiger partial charge in [-0.15, -0.1) is 0 Å². The highest BCUT2D eigenvalue weighted by atomic mass is 35.5. The van der Waals surface area contributed by atoms with Crippen LogP contribution in [-0.2, 0) is 12.8 Å². The molecule has 0 atom stereocenters. The molecule has 0 saturated carbocycles. The highest BCUT2D eigenvalue weighted by Gasteiger charge is 2.15. The van der Waals surface area contributed by atoms with Crippen molar-refractivity contribution in [1.29, 1.82) is 0 Å². The number of carbonyl (C=O) groups is 1. The lowest BCUT2D eigenvalue weighted by Gasteiger charge is -2.09. The summed E-state index contributed by atoms with van der Waals surface area (Å²) >= 11 is 12.0. The Labute approximate surface area is 127 Å². The van der Waals surface area contributed by atoms with Crippen molar-refractivity contribution in [2.75, 3.05) is 5.32 Å². The number of carbonyl (C=O) groups excluding carboxylic acids is 1. The summed E-state index contributed by atoms with van der Waals surface area (Å²) in [5, 5.41) is 3.60. The van der Waals surface area contributed by atoms with Crippen LogP contribution in [0.4, 0.5) is 5.69 Å². The summed E-state index contributed by atoms with van der Waals surface area (Å²) < 4.78 is 0. The number of nitrogens with one attached hydrogen (secondary N) is 1. The van der Waals surface area contributed by atoms with Crippen molar-refractivity contribution in [2.24, 2.45) is 0 Å². The zero-order valence-electron chi connectivity index (χ0n) is 10.7. The molecule has 0 radical (unpaired) electrons. The number of hydrogen-bond acceptors (Lipinski definition) is 1. The summed E-state index contributed by atoms with van der Waals surface area (Å²) in [4.78, 5) is 12.3. The van der Waals surface area contributed by atoms with Crippen LogP contribution < -0.4 is 5.32 Å². The summed E-state index contributed by atoms with van der Waals surface area (Å²) in [7, 11) is 0. The highest BCUT2D eigenvalue weighted by Crippen LogP contribution is 2.30. The molecular weight excluding hydrogens is 293 g/mol. The minimum absolute atomic E-state index is 0.163. The largest absolute Gasteiger partial charge is 0.321 e. The van der Waals surface area contributed by atoms with E-state index in [-0.39, 0.29) is 5.91 Å². The predicted octanol–water partition coefficient (Wildman–Crippen LogP) is 4.73. The second kappa shape index (κ2) is 5.47. The molecule has 1 amide bonds. The number of aryl methyl sites for hydroxylation is 2. The Kier molecular flexibility index (Phi) is 3.68. The first kappa shape index (κ1) is 13.5. The summed E-state index contributed by atoms with van der Waals surface area (Å²) in [5.41, 5.74) is 3.81. The normalized spacial score (nSPS) is 13.1. The summed E-state index contributed by atoms with van der Waals surface area (Å²) in [6.45, 7) is 0. The van der Waals surface area contributed by atoms with Crippen LogP contribution in [0.25, 0.3) is 0 Å². The molecule has 3 rings (SSSR count). The minimum atomic E-state index is -0.163. The third-order valence-corrected chi connectivity index (χ3v) is 4.38. The van der Waals surface area contributed by atoms with E-state index in [1.165, 1.54) is 17.5 Å². The Hall–Kier alpha value is -1.51. The number of hydrogen-bond donors (Lipinski definition) is 1. The molecule has 102 valence electrons. The molecule has 1 N–H and O–H groups in total. The minimum Gasteiger partial charge on any atom is -0.321 e. The average Bonchev–Trinajstić information content (AvgIpc) is 2.91. The molecule has 2 aromatic carbocycles. The molecule has 4 heteroatoms. The molecule has 0 spiro atoms. The summed E-state index contributed by atoms with van der Waals surface area (Å²) in [6.07, 6.45) is 3.33. The number of fused-ring (bicyclic) bond motifs is 1. The van der Waals surface area contributed by atoms with Gasteiger partial charge in [0.1, 0.15) is 0 Å². The van der Waals surface area contributed by atoms with Gasteiger partial charge in [0.15, 0.2) is 0 Å².